The van der Waals surface area contributed by atoms with Crippen molar-refractivity contribution in [3.8, 4) is 11.4 Å². The molecule has 1 aromatic carbocycles. The van der Waals surface area contributed by atoms with Crippen LogP contribution in [0.15, 0.2) is 33.3 Å². The molecule has 0 aliphatic carbocycles. The number of aryl methyl sites for hydroxylation is 2. The molecule has 0 atom stereocenters. The lowest BCUT2D eigenvalue weighted by Gasteiger charge is -2.00. The molecule has 0 unspecified atom stereocenters. The number of anilines is 1. The predicted octanol–water partition coefficient (Wildman–Crippen LogP) is 2.28. The molecule has 0 spiro atoms. The zero-order chi connectivity index (χ0) is 16.4. The Bertz CT molecular complexity index is 833. The molecular weight excluding hydrogens is 300 g/mol. The molecule has 2 N–H and O–H groups in total. The number of rotatable bonds is 4. The second-order valence-electron chi connectivity index (χ2n) is 4.91. The standard InChI is InChI=1S/C15H14N4O4/c1-8-5-3-4-6-10(8)14-17-11(22-19-14)7-21-15(20)12-9(2)18-23-13(12)16/h3-6H,7,16H2,1-2H3. The molecule has 2 heterocycles. The van der Waals surface area contributed by atoms with Crippen LogP contribution in [0.1, 0.15) is 27.5 Å². The maximum atomic E-state index is 12.0. The largest absolute Gasteiger partial charge is 0.452 e. The molecule has 8 heteroatoms. The number of hydrogen-bond donors (Lipinski definition) is 1. The van der Waals surface area contributed by atoms with Crippen LogP contribution in [0.5, 0.6) is 0 Å². The van der Waals surface area contributed by atoms with Crippen LogP contribution in [0, 0.1) is 13.8 Å². The van der Waals surface area contributed by atoms with E-state index in [1.807, 2.05) is 31.2 Å². The second-order valence-corrected chi connectivity index (χ2v) is 4.91. The molecule has 118 valence electrons. The van der Waals surface area contributed by atoms with Gasteiger partial charge in [-0.3, -0.25) is 0 Å². The minimum absolute atomic E-state index is 0.0846. The SMILES string of the molecule is Cc1ccccc1-c1noc(COC(=O)c2c(C)noc2N)n1. The summed E-state index contributed by atoms with van der Waals surface area (Å²) in [6.07, 6.45) is 0. The minimum atomic E-state index is -0.656. The lowest BCUT2D eigenvalue weighted by molar-refractivity contribution is 0.0430. The highest BCUT2D eigenvalue weighted by Gasteiger charge is 2.21. The molecule has 3 aromatic rings. The van der Waals surface area contributed by atoms with E-state index < -0.39 is 5.97 Å². The van der Waals surface area contributed by atoms with Gasteiger partial charge in [-0.1, -0.05) is 34.6 Å². The van der Waals surface area contributed by atoms with Gasteiger partial charge in [-0.2, -0.15) is 4.98 Å². The maximum absolute atomic E-state index is 12.0. The van der Waals surface area contributed by atoms with E-state index in [4.69, 9.17) is 19.5 Å². The summed E-state index contributed by atoms with van der Waals surface area (Å²) >= 11 is 0. The number of esters is 1. The molecular formula is C15H14N4O4. The highest BCUT2D eigenvalue weighted by Crippen LogP contribution is 2.21. The van der Waals surface area contributed by atoms with Crippen LogP contribution in [0.3, 0.4) is 0 Å². The molecule has 2 aromatic heterocycles. The molecule has 23 heavy (non-hydrogen) atoms. The summed E-state index contributed by atoms with van der Waals surface area (Å²) in [5.74, 6) is -0.116. The first kappa shape index (κ1) is 14.8. The van der Waals surface area contributed by atoms with Crippen LogP contribution in [-0.2, 0) is 11.3 Å². The van der Waals surface area contributed by atoms with Gasteiger partial charge in [0.1, 0.15) is 5.56 Å². The normalized spacial score (nSPS) is 10.7. The highest BCUT2D eigenvalue weighted by molar-refractivity contribution is 5.94. The zero-order valence-corrected chi connectivity index (χ0v) is 12.6. The van der Waals surface area contributed by atoms with Crippen LogP contribution >= 0.6 is 0 Å². The monoisotopic (exact) mass is 314 g/mol. The van der Waals surface area contributed by atoms with Gasteiger partial charge in [0.05, 0.1) is 5.69 Å². The van der Waals surface area contributed by atoms with Crippen molar-refractivity contribution in [2.75, 3.05) is 5.73 Å². The molecule has 0 bridgehead atoms. The summed E-state index contributed by atoms with van der Waals surface area (Å²) in [7, 11) is 0. The van der Waals surface area contributed by atoms with Crippen molar-refractivity contribution in [1.82, 2.24) is 15.3 Å². The average Bonchev–Trinajstić information content (AvgIpc) is 3.12. The van der Waals surface area contributed by atoms with E-state index in [1.54, 1.807) is 6.92 Å². The Morgan fingerprint density at radius 2 is 2.00 bits per heavy atom. The number of benzene rings is 1. The van der Waals surface area contributed by atoms with Crippen LogP contribution in [0.2, 0.25) is 0 Å². The van der Waals surface area contributed by atoms with Crippen molar-refractivity contribution in [3.05, 3.63) is 47.0 Å². The number of nitrogens with two attached hydrogens (primary N) is 1. The van der Waals surface area contributed by atoms with E-state index in [0.717, 1.165) is 11.1 Å². The molecule has 0 saturated carbocycles. The fourth-order valence-electron chi connectivity index (χ4n) is 2.08. The quantitative estimate of drug-likeness (QED) is 0.729. The smallest absolute Gasteiger partial charge is 0.346 e. The molecule has 0 fully saturated rings. The predicted molar refractivity (Wildman–Crippen MR) is 79.2 cm³/mol. The summed E-state index contributed by atoms with van der Waals surface area (Å²) < 4.78 is 14.9. The fourth-order valence-corrected chi connectivity index (χ4v) is 2.08. The van der Waals surface area contributed by atoms with Crippen molar-refractivity contribution >= 4 is 11.9 Å². The first-order chi connectivity index (χ1) is 11.1. The van der Waals surface area contributed by atoms with Gasteiger partial charge in [0.25, 0.3) is 5.89 Å². The summed E-state index contributed by atoms with van der Waals surface area (Å²) in [5, 5.41) is 7.48. The van der Waals surface area contributed by atoms with Crippen molar-refractivity contribution in [2.45, 2.75) is 20.5 Å². The van der Waals surface area contributed by atoms with Crippen molar-refractivity contribution in [2.24, 2.45) is 0 Å². The molecule has 3 rings (SSSR count). The number of ether oxygens (including phenoxy) is 1. The highest BCUT2D eigenvalue weighted by atomic mass is 16.6. The third-order valence-corrected chi connectivity index (χ3v) is 3.27. The molecule has 0 amide bonds. The van der Waals surface area contributed by atoms with Crippen molar-refractivity contribution < 1.29 is 18.6 Å². The van der Waals surface area contributed by atoms with Gasteiger partial charge in [0.15, 0.2) is 6.61 Å². The Balaban J connectivity index is 1.71. The second kappa shape index (κ2) is 5.91. The van der Waals surface area contributed by atoms with Gasteiger partial charge in [-0.15, -0.1) is 0 Å². The number of nitrogens with zero attached hydrogens (tertiary/aromatic N) is 3. The summed E-state index contributed by atoms with van der Waals surface area (Å²) in [4.78, 5) is 16.2. The van der Waals surface area contributed by atoms with Gasteiger partial charge < -0.3 is 19.5 Å². The number of aromatic nitrogens is 3. The molecule has 0 aliphatic rings. The third kappa shape index (κ3) is 2.91. The van der Waals surface area contributed by atoms with Crippen LogP contribution in [-0.4, -0.2) is 21.3 Å². The van der Waals surface area contributed by atoms with E-state index in [0.29, 0.717) is 11.5 Å². The van der Waals surface area contributed by atoms with Gasteiger partial charge >= 0.3 is 5.97 Å². The molecule has 0 radical (unpaired) electrons. The Morgan fingerprint density at radius 3 is 2.70 bits per heavy atom. The Hall–Kier alpha value is -3.16. The van der Waals surface area contributed by atoms with Crippen molar-refractivity contribution in [3.63, 3.8) is 0 Å². The fraction of sp³-hybridized carbons (Fsp3) is 0.200. The number of nitrogen functional groups attached to an aromatic ring is 1. The number of carbonyl (C=O) groups is 1. The maximum Gasteiger partial charge on any atom is 0.346 e. The van der Waals surface area contributed by atoms with E-state index in [1.165, 1.54) is 0 Å². The Kier molecular flexibility index (Phi) is 3.80. The lowest BCUT2D eigenvalue weighted by Crippen LogP contribution is -2.08. The molecule has 8 nitrogen and oxygen atoms in total. The van der Waals surface area contributed by atoms with E-state index in [9.17, 15) is 4.79 Å². The minimum Gasteiger partial charge on any atom is -0.452 e. The third-order valence-electron chi connectivity index (χ3n) is 3.27. The van der Waals surface area contributed by atoms with E-state index >= 15 is 0 Å². The van der Waals surface area contributed by atoms with Gasteiger partial charge in [0, 0.05) is 5.56 Å². The Labute approximate surface area is 131 Å². The average molecular weight is 314 g/mol. The van der Waals surface area contributed by atoms with E-state index in [-0.39, 0.29) is 23.9 Å². The molecule has 0 aliphatic heterocycles. The zero-order valence-electron chi connectivity index (χ0n) is 12.6. The number of carbonyl (C=O) groups excluding carboxylic acids is 1. The summed E-state index contributed by atoms with van der Waals surface area (Å²) in [6.45, 7) is 3.38. The summed E-state index contributed by atoms with van der Waals surface area (Å²) in [5.41, 5.74) is 7.86. The van der Waals surface area contributed by atoms with Gasteiger partial charge in [0.2, 0.25) is 11.7 Å². The summed E-state index contributed by atoms with van der Waals surface area (Å²) in [6, 6.07) is 7.64. The van der Waals surface area contributed by atoms with Crippen molar-refractivity contribution in [1.29, 1.82) is 0 Å². The first-order valence-electron chi connectivity index (χ1n) is 6.83. The van der Waals surface area contributed by atoms with Crippen LogP contribution in [0.4, 0.5) is 5.88 Å². The van der Waals surface area contributed by atoms with Crippen LogP contribution in [0.25, 0.3) is 11.4 Å². The lowest BCUT2D eigenvalue weighted by atomic mass is 10.1. The number of hydrogen-bond acceptors (Lipinski definition) is 8. The van der Waals surface area contributed by atoms with E-state index in [2.05, 4.69) is 15.3 Å². The van der Waals surface area contributed by atoms with Crippen LogP contribution < -0.4 is 5.73 Å². The molecule has 0 saturated heterocycles. The van der Waals surface area contributed by atoms with Gasteiger partial charge in [-0.25, -0.2) is 4.79 Å². The topological polar surface area (TPSA) is 117 Å². The Morgan fingerprint density at radius 1 is 1.22 bits per heavy atom. The first-order valence-corrected chi connectivity index (χ1v) is 6.83. The van der Waals surface area contributed by atoms with Gasteiger partial charge in [-0.05, 0) is 19.4 Å².